The van der Waals surface area contributed by atoms with Crippen molar-refractivity contribution in [3.05, 3.63) is 18.0 Å². The Morgan fingerprint density at radius 2 is 1.63 bits per heavy atom. The molecule has 1 fully saturated rings. The smallest absolute Gasteiger partial charge is 0.407 e. The number of alkyl carbamates (subject to hydrolysis) is 1. The Kier molecular flexibility index (Phi) is 6.54. The fourth-order valence-corrected chi connectivity index (χ4v) is 3.17. The fraction of sp³-hybridized carbons (Fsp3) is 0.750. The van der Waals surface area contributed by atoms with E-state index in [1.807, 2.05) is 41.5 Å². The lowest BCUT2D eigenvalue weighted by atomic mass is 10.0. The Morgan fingerprint density at radius 3 is 2.15 bits per heavy atom. The lowest BCUT2D eigenvalue weighted by Crippen LogP contribution is -2.52. The molecule has 7 heteroatoms. The lowest BCUT2D eigenvalue weighted by Gasteiger charge is -2.28. The standard InChI is InChI=1S/C20H34N4O3/c1-19(2,3)24-13-14(12-21-24)17(25)22-15-10-8-7-9-11-16(15)23-18(26)27-20(4,5)6/h12-13,15-16H,7-11H2,1-6H3,(H,22,25)(H,23,26)/t15-,16-/m1/s1. The van der Waals surface area contributed by atoms with Gasteiger partial charge in [0, 0.05) is 12.2 Å². The van der Waals surface area contributed by atoms with Gasteiger partial charge in [0.1, 0.15) is 5.60 Å². The van der Waals surface area contributed by atoms with E-state index in [1.165, 1.54) is 0 Å². The van der Waals surface area contributed by atoms with E-state index in [9.17, 15) is 9.59 Å². The van der Waals surface area contributed by atoms with Crippen molar-refractivity contribution in [2.75, 3.05) is 0 Å². The number of hydrogen-bond donors (Lipinski definition) is 2. The van der Waals surface area contributed by atoms with E-state index in [2.05, 4.69) is 15.7 Å². The Labute approximate surface area is 162 Å². The first kappa shape index (κ1) is 21.3. The van der Waals surface area contributed by atoms with Gasteiger partial charge in [-0.3, -0.25) is 9.48 Å². The van der Waals surface area contributed by atoms with Crippen molar-refractivity contribution >= 4 is 12.0 Å². The fourth-order valence-electron chi connectivity index (χ4n) is 3.17. The van der Waals surface area contributed by atoms with Crippen LogP contribution in [0.15, 0.2) is 12.4 Å². The first-order valence-corrected chi connectivity index (χ1v) is 9.81. The van der Waals surface area contributed by atoms with Crippen LogP contribution in [-0.2, 0) is 10.3 Å². The molecule has 1 aromatic heterocycles. The summed E-state index contributed by atoms with van der Waals surface area (Å²) in [6.45, 7) is 11.6. The van der Waals surface area contributed by atoms with Gasteiger partial charge in [-0.05, 0) is 54.4 Å². The number of nitrogens with one attached hydrogen (secondary N) is 2. The van der Waals surface area contributed by atoms with Crippen LogP contribution >= 0.6 is 0 Å². The van der Waals surface area contributed by atoms with E-state index in [0.29, 0.717) is 5.56 Å². The maximum atomic E-state index is 12.7. The average Bonchev–Trinajstić information content (AvgIpc) is 2.92. The molecule has 2 N–H and O–H groups in total. The van der Waals surface area contributed by atoms with Crippen LogP contribution in [0.1, 0.15) is 84.0 Å². The van der Waals surface area contributed by atoms with E-state index in [4.69, 9.17) is 4.74 Å². The topological polar surface area (TPSA) is 85.2 Å². The van der Waals surface area contributed by atoms with Crippen LogP contribution in [0.3, 0.4) is 0 Å². The lowest BCUT2D eigenvalue weighted by molar-refractivity contribution is 0.0486. The van der Waals surface area contributed by atoms with Crippen molar-refractivity contribution in [1.29, 1.82) is 0 Å². The second-order valence-corrected chi connectivity index (χ2v) is 9.32. The number of ether oxygens (including phenoxy) is 1. The Hall–Kier alpha value is -2.05. The van der Waals surface area contributed by atoms with E-state index in [-0.39, 0.29) is 23.5 Å². The maximum Gasteiger partial charge on any atom is 0.407 e. The van der Waals surface area contributed by atoms with Crippen LogP contribution in [0, 0.1) is 0 Å². The van der Waals surface area contributed by atoms with E-state index >= 15 is 0 Å². The summed E-state index contributed by atoms with van der Waals surface area (Å²) in [5.41, 5.74) is -0.193. The summed E-state index contributed by atoms with van der Waals surface area (Å²) in [5, 5.41) is 10.3. The highest BCUT2D eigenvalue weighted by atomic mass is 16.6. The predicted molar refractivity (Wildman–Crippen MR) is 105 cm³/mol. The van der Waals surface area contributed by atoms with Gasteiger partial charge in [0.05, 0.1) is 23.3 Å². The van der Waals surface area contributed by atoms with Gasteiger partial charge in [0.15, 0.2) is 0 Å². The second-order valence-electron chi connectivity index (χ2n) is 9.32. The molecule has 1 saturated carbocycles. The maximum absolute atomic E-state index is 12.7. The molecule has 2 atom stereocenters. The third-order valence-corrected chi connectivity index (χ3v) is 4.57. The Balaban J connectivity index is 2.05. The number of nitrogens with zero attached hydrogens (tertiary/aromatic N) is 2. The molecule has 1 heterocycles. The summed E-state index contributed by atoms with van der Waals surface area (Å²) in [6.07, 6.45) is 7.73. The monoisotopic (exact) mass is 378 g/mol. The number of rotatable bonds is 3. The van der Waals surface area contributed by atoms with Crippen LogP contribution in [-0.4, -0.2) is 39.5 Å². The average molecular weight is 379 g/mol. The van der Waals surface area contributed by atoms with E-state index < -0.39 is 11.7 Å². The van der Waals surface area contributed by atoms with Crippen molar-refractivity contribution in [3.63, 3.8) is 0 Å². The zero-order valence-electron chi connectivity index (χ0n) is 17.5. The summed E-state index contributed by atoms with van der Waals surface area (Å²) in [7, 11) is 0. The van der Waals surface area contributed by atoms with Gasteiger partial charge in [-0.2, -0.15) is 5.10 Å². The summed E-state index contributed by atoms with van der Waals surface area (Å²) in [6, 6.07) is -0.255. The van der Waals surface area contributed by atoms with Gasteiger partial charge in [-0.25, -0.2) is 4.79 Å². The second kappa shape index (κ2) is 8.31. The Bertz CT molecular complexity index is 655. The molecule has 1 aromatic rings. The Morgan fingerprint density at radius 1 is 1.04 bits per heavy atom. The summed E-state index contributed by atoms with van der Waals surface area (Å²) in [5.74, 6) is -0.159. The minimum atomic E-state index is -0.547. The van der Waals surface area contributed by atoms with E-state index in [1.54, 1.807) is 17.1 Å². The number of aromatic nitrogens is 2. The van der Waals surface area contributed by atoms with Crippen LogP contribution in [0.25, 0.3) is 0 Å². The van der Waals surface area contributed by atoms with Crippen LogP contribution < -0.4 is 10.6 Å². The zero-order valence-corrected chi connectivity index (χ0v) is 17.5. The first-order valence-electron chi connectivity index (χ1n) is 9.81. The quantitative estimate of drug-likeness (QED) is 0.787. The molecule has 2 amide bonds. The predicted octanol–water partition coefficient (Wildman–Crippen LogP) is 3.59. The molecule has 0 radical (unpaired) electrons. The van der Waals surface area contributed by atoms with Gasteiger partial charge < -0.3 is 15.4 Å². The number of hydrogen-bond acceptors (Lipinski definition) is 4. The van der Waals surface area contributed by atoms with Crippen LogP contribution in [0.5, 0.6) is 0 Å². The number of amides is 2. The number of carbonyl (C=O) groups is 2. The van der Waals surface area contributed by atoms with Crippen LogP contribution in [0.2, 0.25) is 0 Å². The molecule has 27 heavy (non-hydrogen) atoms. The first-order chi connectivity index (χ1) is 12.5. The molecule has 0 unspecified atom stereocenters. The molecule has 2 rings (SSSR count). The molecule has 0 aromatic carbocycles. The SMILES string of the molecule is CC(C)(C)OC(=O)N[C@@H]1CCCCC[C@H]1NC(=O)c1cnn(C(C)(C)C)c1. The molecule has 7 nitrogen and oxygen atoms in total. The minimum Gasteiger partial charge on any atom is -0.444 e. The van der Waals surface area contributed by atoms with Gasteiger partial charge in [0.2, 0.25) is 0 Å². The van der Waals surface area contributed by atoms with Crippen molar-refractivity contribution in [3.8, 4) is 0 Å². The number of carbonyl (C=O) groups excluding carboxylic acids is 2. The van der Waals surface area contributed by atoms with Gasteiger partial charge in [-0.1, -0.05) is 19.3 Å². The highest BCUT2D eigenvalue weighted by Gasteiger charge is 2.29. The molecule has 152 valence electrons. The highest BCUT2D eigenvalue weighted by molar-refractivity contribution is 5.94. The molecule has 0 saturated heterocycles. The van der Waals surface area contributed by atoms with Gasteiger partial charge in [0.25, 0.3) is 5.91 Å². The molecule has 1 aliphatic carbocycles. The molecule has 0 bridgehead atoms. The molecule has 0 aliphatic heterocycles. The minimum absolute atomic E-state index is 0.120. The molecule has 1 aliphatic rings. The van der Waals surface area contributed by atoms with Crippen LogP contribution in [0.4, 0.5) is 4.79 Å². The van der Waals surface area contributed by atoms with Crippen molar-refractivity contribution < 1.29 is 14.3 Å². The highest BCUT2D eigenvalue weighted by Crippen LogP contribution is 2.20. The third-order valence-electron chi connectivity index (χ3n) is 4.57. The zero-order chi connectivity index (χ0) is 20.2. The van der Waals surface area contributed by atoms with Gasteiger partial charge >= 0.3 is 6.09 Å². The largest absolute Gasteiger partial charge is 0.444 e. The van der Waals surface area contributed by atoms with Crippen molar-refractivity contribution in [1.82, 2.24) is 20.4 Å². The van der Waals surface area contributed by atoms with Gasteiger partial charge in [-0.15, -0.1) is 0 Å². The van der Waals surface area contributed by atoms with Crippen molar-refractivity contribution in [2.24, 2.45) is 0 Å². The summed E-state index contributed by atoms with van der Waals surface area (Å²) < 4.78 is 7.17. The summed E-state index contributed by atoms with van der Waals surface area (Å²) in [4.78, 5) is 24.9. The summed E-state index contributed by atoms with van der Waals surface area (Å²) >= 11 is 0. The van der Waals surface area contributed by atoms with Crippen molar-refractivity contribution in [2.45, 2.75) is 96.9 Å². The molecular weight excluding hydrogens is 344 g/mol. The molecular formula is C20H34N4O3. The molecule has 0 spiro atoms. The third kappa shape index (κ3) is 6.56. The normalized spacial score (nSPS) is 21.3. The van der Waals surface area contributed by atoms with E-state index in [0.717, 1.165) is 32.1 Å².